The Balaban J connectivity index is 2.29. The minimum absolute atomic E-state index is 0.515. The third-order valence-corrected chi connectivity index (χ3v) is 6.63. The molecular weight excluding hydrogens is 323 g/mol. The Morgan fingerprint density at radius 3 is 1.68 bits per heavy atom. The van der Waals surface area contributed by atoms with Gasteiger partial charge in [-0.15, -0.1) is 0 Å². The van der Waals surface area contributed by atoms with Gasteiger partial charge in [0.15, 0.2) is 0 Å². The lowest BCUT2D eigenvalue weighted by Gasteiger charge is -2.21. The van der Waals surface area contributed by atoms with Crippen molar-refractivity contribution in [3.05, 3.63) is 89.5 Å². The van der Waals surface area contributed by atoms with Crippen LogP contribution in [-0.4, -0.2) is 0 Å². The van der Waals surface area contributed by atoms with E-state index >= 15 is 0 Å². The number of hydrogen-bond acceptors (Lipinski definition) is 2. The van der Waals surface area contributed by atoms with E-state index in [1.165, 1.54) is 10.6 Å². The fourth-order valence-electron chi connectivity index (χ4n) is 2.94. The zero-order valence-corrected chi connectivity index (χ0v) is 14.9. The first kappa shape index (κ1) is 16.9. The summed E-state index contributed by atoms with van der Waals surface area (Å²) in [5.41, 5.74) is 1.96. The molecule has 0 fully saturated rings. The highest BCUT2D eigenvalue weighted by Gasteiger charge is 2.22. The molecule has 0 atom stereocenters. The third kappa shape index (κ3) is 3.32. The van der Waals surface area contributed by atoms with E-state index in [1.807, 2.05) is 55.5 Å². The molecule has 3 aromatic carbocycles. The molecule has 0 aromatic heterocycles. The Labute approximate surface area is 149 Å². The Bertz CT molecular complexity index is 912. The molecule has 0 unspecified atom stereocenters. The van der Waals surface area contributed by atoms with Crippen molar-refractivity contribution in [3.8, 4) is 12.1 Å². The lowest BCUT2D eigenvalue weighted by Crippen LogP contribution is -2.23. The van der Waals surface area contributed by atoms with Crippen LogP contribution in [0.4, 0.5) is 0 Å². The van der Waals surface area contributed by atoms with Crippen LogP contribution in [0.15, 0.2) is 72.8 Å². The number of rotatable bonds is 4. The van der Waals surface area contributed by atoms with Crippen molar-refractivity contribution in [1.82, 2.24) is 0 Å². The highest BCUT2D eigenvalue weighted by atomic mass is 31.1. The fraction of sp³-hybridized carbons (Fsp3) is 0.0909. The smallest absolute Gasteiger partial charge is 0.101 e. The lowest BCUT2D eigenvalue weighted by molar-refractivity contribution is 1.13. The molecule has 0 N–H and O–H groups in total. The molecule has 0 saturated carbocycles. The molecule has 0 aliphatic heterocycles. The maximum absolute atomic E-state index is 9.80. The van der Waals surface area contributed by atoms with Gasteiger partial charge in [0.2, 0.25) is 0 Å². The molecule has 120 valence electrons. The van der Waals surface area contributed by atoms with Gasteiger partial charge in [-0.3, -0.25) is 0 Å². The lowest BCUT2D eigenvalue weighted by atomic mass is 10.0. The van der Waals surface area contributed by atoms with Crippen molar-refractivity contribution in [1.29, 1.82) is 10.5 Å². The first-order valence-corrected chi connectivity index (χ1v) is 9.50. The van der Waals surface area contributed by atoms with E-state index in [-0.39, 0.29) is 0 Å². The van der Waals surface area contributed by atoms with Crippen molar-refractivity contribution in [3.63, 3.8) is 0 Å². The molecule has 3 aromatic rings. The number of aryl methyl sites for hydroxylation is 1. The van der Waals surface area contributed by atoms with Crippen molar-refractivity contribution >= 4 is 23.8 Å². The average molecular weight is 340 g/mol. The Kier molecular flexibility index (Phi) is 5.25. The fourth-order valence-corrected chi connectivity index (χ4v) is 5.34. The highest BCUT2D eigenvalue weighted by molar-refractivity contribution is 7.80. The Morgan fingerprint density at radius 1 is 0.720 bits per heavy atom. The summed E-state index contributed by atoms with van der Waals surface area (Å²) in [6.45, 7) is 2.01. The summed E-state index contributed by atoms with van der Waals surface area (Å²) in [4.78, 5) is 0. The number of nitriles is 2. The number of hydrogen-bond donors (Lipinski definition) is 0. The largest absolute Gasteiger partial charge is 0.192 e. The van der Waals surface area contributed by atoms with Gasteiger partial charge < -0.3 is 0 Å². The average Bonchev–Trinajstić information content (AvgIpc) is 2.69. The van der Waals surface area contributed by atoms with E-state index in [1.54, 1.807) is 0 Å². The van der Waals surface area contributed by atoms with E-state index in [0.717, 1.165) is 17.3 Å². The van der Waals surface area contributed by atoms with Crippen LogP contribution >= 0.6 is 7.92 Å². The van der Waals surface area contributed by atoms with Gasteiger partial charge in [-0.25, -0.2) is 0 Å². The van der Waals surface area contributed by atoms with Gasteiger partial charge in [0.1, 0.15) is 12.1 Å². The molecule has 0 saturated heterocycles. The molecule has 25 heavy (non-hydrogen) atoms. The summed E-state index contributed by atoms with van der Waals surface area (Å²) < 4.78 is 0. The summed E-state index contributed by atoms with van der Waals surface area (Å²) in [6, 6.07) is 29.0. The van der Waals surface area contributed by atoms with E-state index in [2.05, 4.69) is 36.4 Å². The summed E-state index contributed by atoms with van der Waals surface area (Å²) in [6.07, 6.45) is 0.743. The predicted molar refractivity (Wildman–Crippen MR) is 104 cm³/mol. The van der Waals surface area contributed by atoms with E-state index < -0.39 is 7.92 Å². The zero-order chi connectivity index (χ0) is 17.6. The minimum Gasteiger partial charge on any atom is -0.192 e. The minimum atomic E-state index is -0.886. The van der Waals surface area contributed by atoms with Gasteiger partial charge in [0, 0.05) is 5.30 Å². The van der Waals surface area contributed by atoms with Crippen LogP contribution in [0, 0.1) is 22.7 Å². The van der Waals surface area contributed by atoms with Gasteiger partial charge >= 0.3 is 0 Å². The first-order valence-electron chi connectivity index (χ1n) is 8.16. The molecule has 0 aliphatic rings. The van der Waals surface area contributed by atoms with Crippen LogP contribution in [0.25, 0.3) is 0 Å². The molecule has 0 aliphatic carbocycles. The van der Waals surface area contributed by atoms with Crippen molar-refractivity contribution in [2.45, 2.75) is 13.3 Å². The Hall–Kier alpha value is -2.93. The highest BCUT2D eigenvalue weighted by Crippen LogP contribution is 2.35. The summed E-state index contributed by atoms with van der Waals surface area (Å²) in [5.74, 6) is 0. The summed E-state index contributed by atoms with van der Waals surface area (Å²) in [7, 11) is -0.886. The second kappa shape index (κ2) is 7.76. The standard InChI is InChI=1S/C22H17N2P/c1-2-17-13-14-22(21(16-24)20(17)15-23)25(18-9-5-3-6-10-18)19-11-7-4-8-12-19/h3-14H,2H2,1H3. The summed E-state index contributed by atoms with van der Waals surface area (Å²) >= 11 is 0. The second-order valence-electron chi connectivity index (χ2n) is 5.58. The van der Waals surface area contributed by atoms with E-state index in [0.29, 0.717) is 11.1 Å². The van der Waals surface area contributed by atoms with Gasteiger partial charge in [0.25, 0.3) is 0 Å². The Morgan fingerprint density at radius 2 is 1.24 bits per heavy atom. The summed E-state index contributed by atoms with van der Waals surface area (Å²) in [5, 5.41) is 22.7. The van der Waals surface area contributed by atoms with Crippen LogP contribution in [0.5, 0.6) is 0 Å². The number of benzene rings is 3. The molecule has 0 radical (unpaired) electrons. The maximum atomic E-state index is 9.80. The van der Waals surface area contributed by atoms with Crippen LogP contribution in [-0.2, 0) is 6.42 Å². The van der Waals surface area contributed by atoms with Crippen molar-refractivity contribution in [2.75, 3.05) is 0 Å². The molecule has 0 heterocycles. The molecule has 2 nitrogen and oxygen atoms in total. The van der Waals surface area contributed by atoms with Crippen LogP contribution < -0.4 is 15.9 Å². The van der Waals surface area contributed by atoms with Crippen LogP contribution in [0.2, 0.25) is 0 Å². The van der Waals surface area contributed by atoms with Crippen molar-refractivity contribution < 1.29 is 0 Å². The van der Waals surface area contributed by atoms with Crippen LogP contribution in [0.1, 0.15) is 23.6 Å². The molecular formula is C22H17N2P. The van der Waals surface area contributed by atoms with Crippen molar-refractivity contribution in [2.24, 2.45) is 0 Å². The van der Waals surface area contributed by atoms with E-state index in [9.17, 15) is 10.5 Å². The van der Waals surface area contributed by atoms with Gasteiger partial charge in [-0.1, -0.05) is 79.7 Å². The maximum Gasteiger partial charge on any atom is 0.101 e. The molecule has 0 amide bonds. The predicted octanol–water partition coefficient (Wildman–Crippen LogP) is 3.75. The number of nitrogens with zero attached hydrogens (tertiary/aromatic N) is 2. The van der Waals surface area contributed by atoms with Gasteiger partial charge in [-0.2, -0.15) is 10.5 Å². The zero-order valence-electron chi connectivity index (χ0n) is 14.0. The molecule has 3 heteroatoms. The molecule has 0 spiro atoms. The quantitative estimate of drug-likeness (QED) is 0.679. The second-order valence-corrected chi connectivity index (χ2v) is 7.76. The monoisotopic (exact) mass is 340 g/mol. The third-order valence-electron chi connectivity index (χ3n) is 4.14. The van der Waals surface area contributed by atoms with Crippen LogP contribution in [0.3, 0.4) is 0 Å². The van der Waals surface area contributed by atoms with E-state index in [4.69, 9.17) is 0 Å². The SMILES string of the molecule is CCc1ccc(P(c2ccccc2)c2ccccc2)c(C#N)c1C#N. The molecule has 3 rings (SSSR count). The molecule has 0 bridgehead atoms. The van der Waals surface area contributed by atoms with Gasteiger partial charge in [-0.05, 0) is 30.5 Å². The van der Waals surface area contributed by atoms with Gasteiger partial charge in [0.05, 0.1) is 11.1 Å². The normalized spacial score (nSPS) is 10.2. The topological polar surface area (TPSA) is 47.6 Å². The first-order chi connectivity index (χ1) is 12.3.